The minimum Gasteiger partial charge on any atom is -0.475 e. The molecule has 74 valence electrons. The molecular weight excluding hydrogens is 162 g/mol. The van der Waals surface area contributed by atoms with E-state index in [-0.39, 0.29) is 17.6 Å². The number of rotatable bonds is 2. The van der Waals surface area contributed by atoms with Gasteiger partial charge in [0, 0.05) is 5.41 Å². The second-order valence-electron chi connectivity index (χ2n) is 4.48. The van der Waals surface area contributed by atoms with Crippen LogP contribution in [0.4, 0.5) is 0 Å². The first kappa shape index (κ1) is 10.3. The highest BCUT2D eigenvalue weighted by Crippen LogP contribution is 2.27. The summed E-state index contributed by atoms with van der Waals surface area (Å²) in [6.45, 7) is 12.2. The average Bonchev–Trinajstić information content (AvgIpc) is 2.45. The van der Waals surface area contributed by atoms with Gasteiger partial charge in [-0.2, -0.15) is 0 Å². The predicted octanol–water partition coefficient (Wildman–Crippen LogP) is 2.79. The van der Waals surface area contributed by atoms with Gasteiger partial charge >= 0.3 is 0 Å². The molecule has 0 aromatic carbocycles. The fraction of sp³-hybridized carbons (Fsp3) is 0.727. The summed E-state index contributed by atoms with van der Waals surface area (Å²) >= 11 is 0. The smallest absolute Gasteiger partial charge is 0.189 e. The van der Waals surface area contributed by atoms with E-state index in [2.05, 4.69) is 39.3 Å². The molecule has 1 heterocycles. The summed E-state index contributed by atoms with van der Waals surface area (Å²) in [5.41, 5.74) is 0.0190. The molecule has 0 radical (unpaired) electrons. The first-order valence-corrected chi connectivity index (χ1v) is 4.86. The van der Waals surface area contributed by atoms with E-state index in [1.54, 1.807) is 0 Å². The monoisotopic (exact) mass is 181 g/mol. The Kier molecular flexibility index (Phi) is 2.79. The van der Waals surface area contributed by atoms with Crippen molar-refractivity contribution in [3.63, 3.8) is 0 Å². The second kappa shape index (κ2) is 3.52. The van der Waals surface area contributed by atoms with E-state index in [1.165, 1.54) is 0 Å². The van der Waals surface area contributed by atoms with Crippen LogP contribution in [0.5, 0.6) is 0 Å². The van der Waals surface area contributed by atoms with Gasteiger partial charge in [-0.25, -0.2) is 4.99 Å². The Morgan fingerprint density at radius 2 is 2.15 bits per heavy atom. The van der Waals surface area contributed by atoms with Gasteiger partial charge < -0.3 is 4.74 Å². The minimum absolute atomic E-state index is 0.0190. The van der Waals surface area contributed by atoms with Gasteiger partial charge in [0.25, 0.3) is 0 Å². The Bertz CT molecular complexity index is 225. The van der Waals surface area contributed by atoms with Crippen molar-refractivity contribution >= 4 is 5.90 Å². The zero-order valence-corrected chi connectivity index (χ0v) is 9.00. The molecule has 13 heavy (non-hydrogen) atoms. The van der Waals surface area contributed by atoms with Crippen LogP contribution in [-0.4, -0.2) is 18.0 Å². The van der Waals surface area contributed by atoms with Gasteiger partial charge in [0.1, 0.15) is 12.1 Å². The number of ether oxygens (including phenoxy) is 1. The lowest BCUT2D eigenvalue weighted by atomic mass is 9.97. The number of hydrogen-bond acceptors (Lipinski definition) is 2. The Morgan fingerprint density at radius 1 is 1.54 bits per heavy atom. The SMILES string of the molecule is C=CC1N=C(C(C)(C)C)OC1CC. The van der Waals surface area contributed by atoms with E-state index in [4.69, 9.17) is 4.74 Å². The molecule has 0 saturated heterocycles. The van der Waals surface area contributed by atoms with Crippen molar-refractivity contribution in [1.29, 1.82) is 0 Å². The molecule has 2 nitrogen and oxygen atoms in total. The molecule has 2 unspecified atom stereocenters. The third-order valence-electron chi connectivity index (χ3n) is 2.20. The Hall–Kier alpha value is -0.790. The number of nitrogens with zero attached hydrogens (tertiary/aromatic N) is 1. The highest BCUT2D eigenvalue weighted by atomic mass is 16.5. The Balaban J connectivity index is 2.77. The third kappa shape index (κ3) is 2.11. The maximum atomic E-state index is 5.76. The number of hydrogen-bond donors (Lipinski definition) is 0. The molecule has 0 aromatic heterocycles. The van der Waals surface area contributed by atoms with Gasteiger partial charge in [0.05, 0.1) is 0 Å². The molecule has 2 heteroatoms. The van der Waals surface area contributed by atoms with Crippen molar-refractivity contribution in [2.75, 3.05) is 0 Å². The lowest BCUT2D eigenvalue weighted by molar-refractivity contribution is 0.181. The van der Waals surface area contributed by atoms with Gasteiger partial charge in [-0.3, -0.25) is 0 Å². The third-order valence-corrected chi connectivity index (χ3v) is 2.20. The minimum atomic E-state index is 0.0190. The molecule has 2 atom stereocenters. The van der Waals surface area contributed by atoms with Crippen molar-refractivity contribution in [1.82, 2.24) is 0 Å². The first-order chi connectivity index (χ1) is 5.99. The maximum absolute atomic E-state index is 5.76. The normalized spacial score (nSPS) is 28.2. The van der Waals surface area contributed by atoms with E-state index in [0.29, 0.717) is 0 Å². The summed E-state index contributed by atoms with van der Waals surface area (Å²) in [6, 6.07) is 0.152. The highest BCUT2D eigenvalue weighted by molar-refractivity contribution is 5.83. The van der Waals surface area contributed by atoms with Crippen LogP contribution in [0.2, 0.25) is 0 Å². The van der Waals surface area contributed by atoms with Crippen molar-refractivity contribution < 1.29 is 4.74 Å². The second-order valence-corrected chi connectivity index (χ2v) is 4.48. The fourth-order valence-corrected chi connectivity index (χ4v) is 1.36. The largest absolute Gasteiger partial charge is 0.475 e. The summed E-state index contributed by atoms with van der Waals surface area (Å²) in [6.07, 6.45) is 3.05. The van der Waals surface area contributed by atoms with E-state index >= 15 is 0 Å². The van der Waals surface area contributed by atoms with Crippen LogP contribution in [0.25, 0.3) is 0 Å². The summed E-state index contributed by atoms with van der Waals surface area (Å²) in [5.74, 6) is 0.865. The average molecular weight is 181 g/mol. The van der Waals surface area contributed by atoms with Gasteiger partial charge in [0.2, 0.25) is 0 Å². The topological polar surface area (TPSA) is 21.6 Å². The molecule has 0 saturated carbocycles. The molecule has 0 N–H and O–H groups in total. The first-order valence-electron chi connectivity index (χ1n) is 4.86. The lowest BCUT2D eigenvalue weighted by Gasteiger charge is -2.19. The van der Waals surface area contributed by atoms with Crippen LogP contribution in [0.15, 0.2) is 17.6 Å². The van der Waals surface area contributed by atoms with Gasteiger partial charge in [-0.1, -0.05) is 33.8 Å². The summed E-state index contributed by atoms with van der Waals surface area (Å²) < 4.78 is 5.76. The zero-order valence-electron chi connectivity index (χ0n) is 9.00. The Labute approximate surface area is 80.7 Å². The zero-order chi connectivity index (χ0) is 10.1. The molecule has 1 aliphatic rings. The van der Waals surface area contributed by atoms with Crippen LogP contribution in [0, 0.1) is 5.41 Å². The van der Waals surface area contributed by atoms with Gasteiger partial charge in [-0.05, 0) is 6.42 Å². The molecule has 0 fully saturated rings. The van der Waals surface area contributed by atoms with E-state index in [0.717, 1.165) is 12.3 Å². The molecular formula is C11H19NO. The standard InChI is InChI=1S/C11H19NO/c1-6-8-9(7-2)13-10(12-8)11(3,4)5/h6,8-9H,1,7H2,2-5H3. The van der Waals surface area contributed by atoms with Crippen molar-refractivity contribution in [2.45, 2.75) is 46.3 Å². The summed E-state index contributed by atoms with van der Waals surface area (Å²) in [7, 11) is 0. The maximum Gasteiger partial charge on any atom is 0.189 e. The number of aliphatic imine (C=N–C) groups is 1. The van der Waals surface area contributed by atoms with Gasteiger partial charge in [0.15, 0.2) is 5.90 Å². The van der Waals surface area contributed by atoms with E-state index < -0.39 is 0 Å². The molecule has 0 aromatic rings. The molecule has 0 aliphatic carbocycles. The van der Waals surface area contributed by atoms with E-state index in [1.807, 2.05) is 6.08 Å². The van der Waals surface area contributed by atoms with Crippen LogP contribution in [-0.2, 0) is 4.74 Å². The highest BCUT2D eigenvalue weighted by Gasteiger charge is 2.33. The molecule has 0 bridgehead atoms. The quantitative estimate of drug-likeness (QED) is 0.600. The molecule has 0 amide bonds. The van der Waals surface area contributed by atoms with Crippen molar-refractivity contribution in [3.05, 3.63) is 12.7 Å². The molecule has 1 rings (SSSR count). The predicted molar refractivity (Wildman–Crippen MR) is 56.0 cm³/mol. The summed E-state index contributed by atoms with van der Waals surface area (Å²) in [5, 5.41) is 0. The molecule has 0 spiro atoms. The lowest BCUT2D eigenvalue weighted by Crippen LogP contribution is -2.24. The van der Waals surface area contributed by atoms with Crippen LogP contribution >= 0.6 is 0 Å². The van der Waals surface area contributed by atoms with Crippen LogP contribution < -0.4 is 0 Å². The van der Waals surface area contributed by atoms with Gasteiger partial charge in [-0.15, -0.1) is 6.58 Å². The fourth-order valence-electron chi connectivity index (χ4n) is 1.36. The van der Waals surface area contributed by atoms with Crippen LogP contribution in [0.1, 0.15) is 34.1 Å². The summed E-state index contributed by atoms with van der Waals surface area (Å²) in [4.78, 5) is 4.51. The Morgan fingerprint density at radius 3 is 2.46 bits per heavy atom. The van der Waals surface area contributed by atoms with Crippen molar-refractivity contribution in [3.8, 4) is 0 Å². The van der Waals surface area contributed by atoms with E-state index in [9.17, 15) is 0 Å². The van der Waals surface area contributed by atoms with Crippen molar-refractivity contribution in [2.24, 2.45) is 10.4 Å². The van der Waals surface area contributed by atoms with Crippen LogP contribution in [0.3, 0.4) is 0 Å². The molecule has 1 aliphatic heterocycles.